The van der Waals surface area contributed by atoms with Crippen LogP contribution in [-0.4, -0.2) is 41.0 Å². The van der Waals surface area contributed by atoms with Crippen molar-refractivity contribution in [2.75, 3.05) is 24.6 Å². The van der Waals surface area contributed by atoms with Gasteiger partial charge in [-0.2, -0.15) is 5.10 Å². The van der Waals surface area contributed by atoms with E-state index >= 15 is 0 Å². The van der Waals surface area contributed by atoms with E-state index in [1.54, 1.807) is 0 Å². The average molecular weight is 308 g/mol. The van der Waals surface area contributed by atoms with Crippen LogP contribution in [0.1, 0.15) is 44.0 Å². The van der Waals surface area contributed by atoms with Crippen LogP contribution in [0.5, 0.6) is 0 Å². The van der Waals surface area contributed by atoms with Crippen LogP contribution in [0.4, 0.5) is 5.82 Å². The van der Waals surface area contributed by atoms with Gasteiger partial charge >= 0.3 is 0 Å². The fraction of sp³-hybridized carbons (Fsp3) is 0.667. The van der Waals surface area contributed by atoms with E-state index in [0.717, 1.165) is 55.0 Å². The van der Waals surface area contributed by atoms with Crippen molar-refractivity contribution in [1.29, 1.82) is 0 Å². The second-order valence-electron chi connectivity index (χ2n) is 5.24. The third kappa shape index (κ3) is 3.32. The first-order valence-corrected chi connectivity index (χ1v) is 8.07. The second-order valence-corrected chi connectivity index (χ2v) is 5.68. The zero-order chi connectivity index (χ0) is 15.4. The van der Waals surface area contributed by atoms with Crippen LogP contribution in [0, 0.1) is 0 Å². The Morgan fingerprint density at radius 3 is 2.67 bits per heavy atom. The molecule has 0 spiro atoms. The van der Waals surface area contributed by atoms with Crippen molar-refractivity contribution < 1.29 is 4.74 Å². The number of nitrogens with two attached hydrogens (primary N) is 1. The molecule has 0 radical (unpaired) electrons. The van der Waals surface area contributed by atoms with Crippen molar-refractivity contribution in [3.8, 4) is 0 Å². The molecule has 1 unspecified atom stereocenters. The Balaban J connectivity index is 2.45. The van der Waals surface area contributed by atoms with Gasteiger partial charge in [0.25, 0.3) is 0 Å². The van der Waals surface area contributed by atoms with Gasteiger partial charge in [0.05, 0.1) is 24.0 Å². The first-order chi connectivity index (χ1) is 10.1. The Kier molecular flexibility index (Phi) is 5.47. The van der Waals surface area contributed by atoms with Crippen LogP contribution in [0.25, 0.3) is 0 Å². The van der Waals surface area contributed by atoms with E-state index in [1.165, 1.54) is 0 Å². The highest BCUT2D eigenvalue weighted by atomic mass is 32.1. The summed E-state index contributed by atoms with van der Waals surface area (Å²) in [6, 6.07) is 0. The molecular weight excluding hydrogens is 284 g/mol. The van der Waals surface area contributed by atoms with E-state index in [1.807, 2.05) is 0 Å². The van der Waals surface area contributed by atoms with Gasteiger partial charge in [-0.3, -0.25) is 0 Å². The van der Waals surface area contributed by atoms with Crippen molar-refractivity contribution in [3.05, 3.63) is 16.8 Å². The predicted molar refractivity (Wildman–Crippen MR) is 88.9 cm³/mol. The monoisotopic (exact) mass is 308 g/mol. The number of hydrogen-bond donors (Lipinski definition) is 1. The average Bonchev–Trinajstić information content (AvgIpc) is 2.53. The molecule has 1 aromatic heterocycles. The van der Waals surface area contributed by atoms with Gasteiger partial charge in [0.2, 0.25) is 0 Å². The summed E-state index contributed by atoms with van der Waals surface area (Å²) in [6.07, 6.45) is 2.92. The lowest BCUT2D eigenvalue weighted by Crippen LogP contribution is -2.43. The number of morpholine rings is 1. The summed E-state index contributed by atoms with van der Waals surface area (Å²) >= 11 is 5.29. The minimum atomic E-state index is 0.232. The summed E-state index contributed by atoms with van der Waals surface area (Å²) in [7, 11) is 0. The highest BCUT2D eigenvalue weighted by molar-refractivity contribution is 7.80. The summed E-state index contributed by atoms with van der Waals surface area (Å²) in [5.74, 6) is 0.818. The van der Waals surface area contributed by atoms with Crippen LogP contribution >= 0.6 is 12.2 Å². The van der Waals surface area contributed by atoms with Gasteiger partial charge in [-0.1, -0.05) is 33.0 Å². The number of aromatic nitrogens is 2. The molecule has 1 aliphatic heterocycles. The van der Waals surface area contributed by atoms with E-state index in [9.17, 15) is 0 Å². The zero-order valence-electron chi connectivity index (χ0n) is 13.1. The third-order valence-electron chi connectivity index (χ3n) is 3.97. The molecule has 116 valence electrons. The first kappa shape index (κ1) is 16.1. The lowest BCUT2D eigenvalue weighted by atomic mass is 10.0. The van der Waals surface area contributed by atoms with Crippen molar-refractivity contribution in [2.45, 2.75) is 46.1 Å². The molecule has 1 atom stereocenters. The molecule has 2 rings (SSSR count). The molecule has 1 aliphatic rings. The predicted octanol–water partition coefficient (Wildman–Crippen LogP) is 1.85. The molecule has 0 saturated carbocycles. The molecule has 1 saturated heterocycles. The number of thiocarbonyl (C=S) groups is 1. The van der Waals surface area contributed by atoms with Gasteiger partial charge in [0, 0.05) is 13.1 Å². The number of nitrogens with zero attached hydrogens (tertiary/aromatic N) is 3. The molecule has 0 bridgehead atoms. The molecule has 0 amide bonds. The molecule has 2 heterocycles. The maximum absolute atomic E-state index is 5.99. The first-order valence-electron chi connectivity index (χ1n) is 7.67. The summed E-state index contributed by atoms with van der Waals surface area (Å²) in [4.78, 5) is 2.61. The van der Waals surface area contributed by atoms with E-state index in [4.69, 9.17) is 22.7 Å². The fourth-order valence-corrected chi connectivity index (χ4v) is 3.02. The maximum atomic E-state index is 5.99. The third-order valence-corrected chi connectivity index (χ3v) is 4.17. The number of aryl methyl sites for hydroxylation is 1. The maximum Gasteiger partial charge on any atom is 0.162 e. The van der Waals surface area contributed by atoms with E-state index in [0.29, 0.717) is 11.6 Å². The Morgan fingerprint density at radius 1 is 1.33 bits per heavy atom. The van der Waals surface area contributed by atoms with Gasteiger partial charge in [-0.15, -0.1) is 5.10 Å². The number of hydrogen-bond acceptors (Lipinski definition) is 5. The van der Waals surface area contributed by atoms with E-state index in [-0.39, 0.29) is 6.10 Å². The Hall–Kier alpha value is -1.27. The summed E-state index contributed by atoms with van der Waals surface area (Å²) in [6.45, 7) is 8.63. The molecule has 0 aliphatic carbocycles. The largest absolute Gasteiger partial charge is 0.389 e. The summed E-state index contributed by atoms with van der Waals surface area (Å²) < 4.78 is 5.73. The highest BCUT2D eigenvalue weighted by Crippen LogP contribution is 2.26. The zero-order valence-corrected chi connectivity index (χ0v) is 13.9. The Labute approximate surface area is 131 Å². The van der Waals surface area contributed by atoms with Crippen molar-refractivity contribution >= 4 is 23.0 Å². The standard InChI is InChI=1S/C15H24N4OS/c1-4-10-9-19(7-8-20-10)15-13(14(16)21)11(5-2)12(6-3)17-18-15/h10H,4-9H2,1-3H3,(H2,16,21). The molecular formula is C15H24N4OS. The van der Waals surface area contributed by atoms with Gasteiger partial charge in [0.15, 0.2) is 5.82 Å². The lowest BCUT2D eigenvalue weighted by molar-refractivity contribution is 0.0381. The molecule has 6 heteroatoms. The number of ether oxygens (including phenoxy) is 1. The van der Waals surface area contributed by atoms with Crippen LogP contribution < -0.4 is 10.6 Å². The SMILES string of the molecule is CCc1nnc(N2CCOC(CC)C2)c(C(N)=S)c1CC. The van der Waals surface area contributed by atoms with Crippen LogP contribution in [0.2, 0.25) is 0 Å². The smallest absolute Gasteiger partial charge is 0.162 e. The van der Waals surface area contributed by atoms with E-state index in [2.05, 4.69) is 35.9 Å². The summed E-state index contributed by atoms with van der Waals surface area (Å²) in [5.41, 5.74) is 9.02. The molecule has 1 fully saturated rings. The summed E-state index contributed by atoms with van der Waals surface area (Å²) in [5, 5.41) is 8.81. The molecule has 2 N–H and O–H groups in total. The molecule has 0 aromatic carbocycles. The molecule has 1 aromatic rings. The fourth-order valence-electron chi connectivity index (χ4n) is 2.80. The van der Waals surface area contributed by atoms with Gasteiger partial charge in [-0.05, 0) is 24.8 Å². The molecule has 5 nitrogen and oxygen atoms in total. The minimum Gasteiger partial charge on any atom is -0.389 e. The van der Waals surface area contributed by atoms with Gasteiger partial charge in [0.1, 0.15) is 4.99 Å². The Morgan fingerprint density at radius 2 is 2.10 bits per heavy atom. The van der Waals surface area contributed by atoms with Gasteiger partial charge < -0.3 is 15.4 Å². The van der Waals surface area contributed by atoms with Crippen LogP contribution in [0.15, 0.2) is 0 Å². The van der Waals surface area contributed by atoms with Crippen molar-refractivity contribution in [2.24, 2.45) is 5.73 Å². The second kappa shape index (κ2) is 7.13. The minimum absolute atomic E-state index is 0.232. The number of anilines is 1. The van der Waals surface area contributed by atoms with Crippen LogP contribution in [-0.2, 0) is 17.6 Å². The number of rotatable bonds is 5. The Bertz CT molecular complexity index is 521. The van der Waals surface area contributed by atoms with E-state index < -0.39 is 0 Å². The van der Waals surface area contributed by atoms with Crippen molar-refractivity contribution in [1.82, 2.24) is 10.2 Å². The quantitative estimate of drug-likeness (QED) is 0.838. The highest BCUT2D eigenvalue weighted by Gasteiger charge is 2.25. The normalized spacial score (nSPS) is 18.8. The topological polar surface area (TPSA) is 64.3 Å². The van der Waals surface area contributed by atoms with Crippen LogP contribution in [0.3, 0.4) is 0 Å². The lowest BCUT2D eigenvalue weighted by Gasteiger charge is -2.34. The molecule has 21 heavy (non-hydrogen) atoms. The van der Waals surface area contributed by atoms with Gasteiger partial charge in [-0.25, -0.2) is 0 Å². The van der Waals surface area contributed by atoms with Crippen molar-refractivity contribution in [3.63, 3.8) is 0 Å².